The summed E-state index contributed by atoms with van der Waals surface area (Å²) in [7, 11) is 0. The highest BCUT2D eigenvalue weighted by Crippen LogP contribution is 2.48. The molecule has 9 aromatic carbocycles. The van der Waals surface area contributed by atoms with Gasteiger partial charge in [0.15, 0.2) is 0 Å². The van der Waals surface area contributed by atoms with Gasteiger partial charge < -0.3 is 8.83 Å². The molecule has 0 bridgehead atoms. The number of benzene rings is 9. The third-order valence-electron chi connectivity index (χ3n) is 10.7. The van der Waals surface area contributed by atoms with Crippen molar-refractivity contribution in [1.82, 2.24) is 0 Å². The molecular weight excluding hydrogens is 633 g/mol. The van der Waals surface area contributed by atoms with Gasteiger partial charge in [-0.25, -0.2) is 0 Å². The summed E-state index contributed by atoms with van der Waals surface area (Å²) in [5, 5.41) is 10.7. The summed E-state index contributed by atoms with van der Waals surface area (Å²) in [5.41, 5.74) is 12.1. The first-order valence-corrected chi connectivity index (χ1v) is 17.7. The summed E-state index contributed by atoms with van der Waals surface area (Å²) in [6.07, 6.45) is 1.75. The van der Waals surface area contributed by atoms with Gasteiger partial charge in [-0.3, -0.25) is 0 Å². The molecule has 242 valence electrons. The molecule has 0 N–H and O–H groups in total. The minimum absolute atomic E-state index is 0.901. The Morgan fingerprint density at radius 3 is 1.71 bits per heavy atom. The van der Waals surface area contributed by atoms with E-state index in [1.807, 2.05) is 6.07 Å². The maximum Gasteiger partial charge on any atom is 0.143 e. The van der Waals surface area contributed by atoms with Crippen LogP contribution in [0.5, 0.6) is 0 Å². The zero-order chi connectivity index (χ0) is 34.2. The lowest BCUT2D eigenvalue weighted by atomic mass is 9.84. The van der Waals surface area contributed by atoms with Crippen molar-refractivity contribution in [1.29, 1.82) is 0 Å². The monoisotopic (exact) mass is 662 g/mol. The zero-order valence-electron chi connectivity index (χ0n) is 28.1. The summed E-state index contributed by atoms with van der Waals surface area (Å²) in [6.45, 7) is 0. The van der Waals surface area contributed by atoms with Crippen LogP contribution in [0, 0.1) is 0 Å². The topological polar surface area (TPSA) is 26.3 Å². The van der Waals surface area contributed by atoms with E-state index in [9.17, 15) is 0 Å². The molecule has 0 fully saturated rings. The summed E-state index contributed by atoms with van der Waals surface area (Å²) in [4.78, 5) is 0. The predicted octanol–water partition coefficient (Wildman–Crippen LogP) is 14.5. The lowest BCUT2D eigenvalue weighted by Gasteiger charge is -2.19. The first kappa shape index (κ1) is 28.9. The van der Waals surface area contributed by atoms with Gasteiger partial charge in [0.2, 0.25) is 0 Å². The van der Waals surface area contributed by atoms with Gasteiger partial charge in [-0.15, -0.1) is 0 Å². The van der Waals surface area contributed by atoms with Crippen LogP contribution < -0.4 is 0 Å². The lowest BCUT2D eigenvalue weighted by Crippen LogP contribution is -1.92. The van der Waals surface area contributed by atoms with Crippen molar-refractivity contribution in [2.24, 2.45) is 0 Å². The van der Waals surface area contributed by atoms with E-state index in [1.165, 1.54) is 65.7 Å². The van der Waals surface area contributed by atoms with Crippen molar-refractivity contribution in [2.75, 3.05) is 0 Å². The zero-order valence-corrected chi connectivity index (χ0v) is 28.1. The fourth-order valence-corrected chi connectivity index (χ4v) is 8.38. The molecule has 11 aromatic rings. The fourth-order valence-electron chi connectivity index (χ4n) is 8.38. The van der Waals surface area contributed by atoms with E-state index in [1.54, 1.807) is 6.26 Å². The molecule has 0 aliphatic rings. The van der Waals surface area contributed by atoms with Crippen LogP contribution in [-0.2, 0) is 0 Å². The second-order valence-electron chi connectivity index (χ2n) is 13.6. The van der Waals surface area contributed by atoms with Gasteiger partial charge in [0, 0.05) is 21.7 Å². The molecule has 2 aromatic heterocycles. The van der Waals surface area contributed by atoms with Crippen molar-refractivity contribution in [3.8, 4) is 44.5 Å². The summed E-state index contributed by atoms with van der Waals surface area (Å²) >= 11 is 0. The molecule has 2 heteroatoms. The van der Waals surface area contributed by atoms with E-state index in [4.69, 9.17) is 8.83 Å². The third kappa shape index (κ3) is 4.38. The van der Waals surface area contributed by atoms with Gasteiger partial charge in [-0.05, 0) is 114 Å². The second kappa shape index (κ2) is 11.3. The molecule has 2 nitrogen and oxygen atoms in total. The molecule has 0 atom stereocenters. The Morgan fingerprint density at radius 1 is 0.327 bits per heavy atom. The van der Waals surface area contributed by atoms with Crippen LogP contribution in [0.4, 0.5) is 0 Å². The van der Waals surface area contributed by atoms with Crippen LogP contribution in [0.25, 0.3) is 110 Å². The maximum absolute atomic E-state index is 6.75. The molecule has 0 saturated carbocycles. The minimum atomic E-state index is 0.901. The molecule has 0 radical (unpaired) electrons. The smallest absolute Gasteiger partial charge is 0.143 e. The molecule has 52 heavy (non-hydrogen) atoms. The molecule has 0 amide bonds. The van der Waals surface area contributed by atoms with Crippen molar-refractivity contribution in [3.63, 3.8) is 0 Å². The van der Waals surface area contributed by atoms with Crippen LogP contribution >= 0.6 is 0 Å². The first-order valence-electron chi connectivity index (χ1n) is 17.7. The van der Waals surface area contributed by atoms with Crippen LogP contribution in [0.1, 0.15) is 0 Å². The average Bonchev–Trinajstić information content (AvgIpc) is 3.84. The van der Waals surface area contributed by atoms with E-state index in [2.05, 4.69) is 170 Å². The molecule has 0 aliphatic heterocycles. The number of rotatable bonds is 4. The van der Waals surface area contributed by atoms with Crippen LogP contribution in [0.15, 0.2) is 191 Å². The van der Waals surface area contributed by atoms with Gasteiger partial charge in [0.05, 0.1) is 6.26 Å². The van der Waals surface area contributed by atoms with Crippen molar-refractivity contribution < 1.29 is 8.83 Å². The minimum Gasteiger partial charge on any atom is -0.464 e. The van der Waals surface area contributed by atoms with Crippen LogP contribution in [0.2, 0.25) is 0 Å². The normalized spacial score (nSPS) is 11.8. The Morgan fingerprint density at radius 2 is 0.942 bits per heavy atom. The predicted molar refractivity (Wildman–Crippen MR) is 218 cm³/mol. The quantitative estimate of drug-likeness (QED) is 0.175. The van der Waals surface area contributed by atoms with Gasteiger partial charge in [-0.1, -0.05) is 133 Å². The van der Waals surface area contributed by atoms with E-state index < -0.39 is 0 Å². The average molecular weight is 663 g/mol. The van der Waals surface area contributed by atoms with E-state index in [-0.39, 0.29) is 0 Å². The third-order valence-corrected chi connectivity index (χ3v) is 10.7. The molecule has 11 rings (SSSR count). The highest BCUT2D eigenvalue weighted by Gasteiger charge is 2.21. The maximum atomic E-state index is 6.75. The van der Waals surface area contributed by atoms with E-state index in [0.29, 0.717) is 0 Å². The molecule has 0 spiro atoms. The van der Waals surface area contributed by atoms with Gasteiger partial charge in [0.25, 0.3) is 0 Å². The standard InChI is InChI=1S/C50H30O2/c1-2-11-31(12-3-1)43-29-37(30-44-49-38-16-5-4-13-32(38)21-24-46(49)52-50(43)44)48-41-19-8-6-17-39(41)47(40-18-7-9-20-42(40)48)36-15-10-14-33(28-36)34-22-23-45-35(27-34)25-26-51-45/h1-30H. The Balaban J connectivity index is 1.22. The second-order valence-corrected chi connectivity index (χ2v) is 13.6. The lowest BCUT2D eigenvalue weighted by molar-refractivity contribution is 0.616. The highest BCUT2D eigenvalue weighted by atomic mass is 16.3. The summed E-state index contributed by atoms with van der Waals surface area (Å²) in [6, 6.07) is 63.4. The van der Waals surface area contributed by atoms with E-state index in [0.717, 1.165) is 44.0 Å². The number of furan rings is 2. The molecular formula is C50H30O2. The molecule has 2 heterocycles. The fraction of sp³-hybridized carbons (Fsp3) is 0. The highest BCUT2D eigenvalue weighted by molar-refractivity contribution is 6.25. The van der Waals surface area contributed by atoms with E-state index >= 15 is 0 Å². The van der Waals surface area contributed by atoms with Crippen molar-refractivity contribution in [3.05, 3.63) is 182 Å². The molecule has 0 aliphatic carbocycles. The van der Waals surface area contributed by atoms with Gasteiger partial charge in [0.1, 0.15) is 16.7 Å². The number of fused-ring (bicyclic) bond motifs is 8. The SMILES string of the molecule is c1ccc(-c2cc(-c3c4ccccc4c(-c4cccc(-c5ccc6occc6c5)c4)c4ccccc34)cc3c2oc2ccc4ccccc4c23)cc1. The van der Waals surface area contributed by atoms with Gasteiger partial charge in [-0.2, -0.15) is 0 Å². The first-order chi connectivity index (χ1) is 25.8. The largest absolute Gasteiger partial charge is 0.464 e. The number of hydrogen-bond acceptors (Lipinski definition) is 2. The molecule has 0 saturated heterocycles. The Kier molecular flexibility index (Phi) is 6.28. The number of hydrogen-bond donors (Lipinski definition) is 0. The summed E-state index contributed by atoms with van der Waals surface area (Å²) in [5.74, 6) is 0. The van der Waals surface area contributed by atoms with Crippen molar-refractivity contribution >= 4 is 65.2 Å². The summed E-state index contributed by atoms with van der Waals surface area (Å²) < 4.78 is 12.4. The Labute approximate surface area is 299 Å². The van der Waals surface area contributed by atoms with Crippen molar-refractivity contribution in [2.45, 2.75) is 0 Å². The van der Waals surface area contributed by atoms with Crippen LogP contribution in [0.3, 0.4) is 0 Å². The Hall–Kier alpha value is -6.90. The Bertz CT molecular complexity index is 3120. The van der Waals surface area contributed by atoms with Crippen LogP contribution in [-0.4, -0.2) is 0 Å². The molecule has 0 unspecified atom stereocenters. The van der Waals surface area contributed by atoms with Gasteiger partial charge >= 0.3 is 0 Å².